The molecular weight excluding hydrogens is 126 g/mol. The lowest BCUT2D eigenvalue weighted by Crippen LogP contribution is -2.19. The third-order valence-electron chi connectivity index (χ3n) is 2.77. The van der Waals surface area contributed by atoms with Gasteiger partial charge in [-0.25, -0.2) is 0 Å². The first kappa shape index (κ1) is 6.62. The largest absolute Gasteiger partial charge is 0.375 e. The molecule has 2 bridgehead atoms. The Bertz CT molecular complexity index is 126. The Morgan fingerprint density at radius 2 is 2.30 bits per heavy atom. The highest BCUT2D eigenvalue weighted by Crippen LogP contribution is 2.39. The summed E-state index contributed by atoms with van der Waals surface area (Å²) in [6.45, 7) is 0.831. The fourth-order valence-electron chi connectivity index (χ4n) is 2.26. The summed E-state index contributed by atoms with van der Waals surface area (Å²) < 4.78 is 5.68. The van der Waals surface area contributed by atoms with Gasteiger partial charge in [0.05, 0.1) is 12.2 Å². The molecule has 0 aromatic heterocycles. The van der Waals surface area contributed by atoms with Crippen molar-refractivity contribution in [2.75, 3.05) is 6.54 Å². The first-order chi connectivity index (χ1) is 4.90. The molecule has 58 valence electrons. The molecule has 2 nitrogen and oxygen atoms in total. The van der Waals surface area contributed by atoms with Crippen LogP contribution in [0.15, 0.2) is 0 Å². The van der Waals surface area contributed by atoms with Crippen LogP contribution in [0.25, 0.3) is 0 Å². The lowest BCUT2D eigenvalue weighted by atomic mass is 9.87. The van der Waals surface area contributed by atoms with Gasteiger partial charge in [-0.15, -0.1) is 0 Å². The molecule has 2 fully saturated rings. The minimum absolute atomic E-state index is 0.577. The monoisotopic (exact) mass is 141 g/mol. The molecule has 0 amide bonds. The van der Waals surface area contributed by atoms with Crippen LogP contribution in [0, 0.1) is 5.92 Å². The summed E-state index contributed by atoms with van der Waals surface area (Å²) in [4.78, 5) is 0. The van der Waals surface area contributed by atoms with Crippen LogP contribution < -0.4 is 5.73 Å². The fourth-order valence-corrected chi connectivity index (χ4v) is 2.26. The second-order valence-corrected chi connectivity index (χ2v) is 3.45. The number of hydrogen-bond donors (Lipinski definition) is 1. The van der Waals surface area contributed by atoms with Crippen molar-refractivity contribution in [3.8, 4) is 0 Å². The van der Waals surface area contributed by atoms with E-state index in [0.29, 0.717) is 12.2 Å². The van der Waals surface area contributed by atoms with Gasteiger partial charge in [-0.2, -0.15) is 0 Å². The number of rotatable bonds is 2. The molecule has 2 aliphatic rings. The quantitative estimate of drug-likeness (QED) is 0.620. The third kappa shape index (κ3) is 0.956. The van der Waals surface area contributed by atoms with Gasteiger partial charge in [0.25, 0.3) is 0 Å². The molecule has 0 saturated carbocycles. The summed E-state index contributed by atoms with van der Waals surface area (Å²) in [5, 5.41) is 0. The van der Waals surface area contributed by atoms with Crippen LogP contribution in [-0.2, 0) is 4.74 Å². The molecule has 0 aliphatic carbocycles. The van der Waals surface area contributed by atoms with E-state index in [4.69, 9.17) is 10.5 Å². The maximum absolute atomic E-state index is 5.68. The van der Waals surface area contributed by atoms with Crippen LogP contribution in [0.2, 0.25) is 0 Å². The van der Waals surface area contributed by atoms with Crippen molar-refractivity contribution in [3.05, 3.63) is 0 Å². The summed E-state index contributed by atoms with van der Waals surface area (Å²) in [5.41, 5.74) is 5.48. The van der Waals surface area contributed by atoms with Gasteiger partial charge >= 0.3 is 0 Å². The number of hydrogen-bond acceptors (Lipinski definition) is 2. The standard InChI is InChI=1S/C8H15NO/c9-4-3-6-5-7-1-2-8(6)10-7/h6-8H,1-5,9H2/t6-,7-,8+/m0/s1. The Labute approximate surface area is 61.7 Å². The molecule has 2 saturated heterocycles. The number of ether oxygens (including phenoxy) is 1. The molecule has 0 spiro atoms. The predicted octanol–water partition coefficient (Wildman–Crippen LogP) is 0.903. The Balaban J connectivity index is 1.90. The number of nitrogens with two attached hydrogens (primary N) is 1. The van der Waals surface area contributed by atoms with E-state index in [-0.39, 0.29) is 0 Å². The molecule has 2 heterocycles. The van der Waals surface area contributed by atoms with Gasteiger partial charge in [-0.1, -0.05) is 0 Å². The SMILES string of the molecule is NCC[C@H]1C[C@@H]2CC[C@H]1O2. The Morgan fingerprint density at radius 3 is 2.80 bits per heavy atom. The molecule has 0 aromatic carbocycles. The summed E-state index contributed by atoms with van der Waals surface area (Å²) in [7, 11) is 0. The van der Waals surface area contributed by atoms with E-state index in [1.165, 1.54) is 25.7 Å². The summed E-state index contributed by atoms with van der Waals surface area (Å²) in [6, 6.07) is 0. The van der Waals surface area contributed by atoms with Gasteiger partial charge in [0.2, 0.25) is 0 Å². The second-order valence-electron chi connectivity index (χ2n) is 3.45. The maximum atomic E-state index is 5.68. The topological polar surface area (TPSA) is 35.2 Å². The van der Waals surface area contributed by atoms with Gasteiger partial charge in [-0.3, -0.25) is 0 Å². The van der Waals surface area contributed by atoms with Gasteiger partial charge in [0.15, 0.2) is 0 Å². The Morgan fingerprint density at radius 1 is 1.40 bits per heavy atom. The highest BCUT2D eigenvalue weighted by atomic mass is 16.5. The molecule has 2 rings (SSSR count). The molecule has 2 aliphatic heterocycles. The zero-order valence-corrected chi connectivity index (χ0v) is 6.25. The fraction of sp³-hybridized carbons (Fsp3) is 1.00. The average molecular weight is 141 g/mol. The van der Waals surface area contributed by atoms with E-state index in [2.05, 4.69) is 0 Å². The molecule has 3 atom stereocenters. The van der Waals surface area contributed by atoms with Crippen molar-refractivity contribution >= 4 is 0 Å². The van der Waals surface area contributed by atoms with Gasteiger partial charge in [-0.05, 0) is 38.1 Å². The van der Waals surface area contributed by atoms with Crippen molar-refractivity contribution in [1.82, 2.24) is 0 Å². The Hall–Kier alpha value is -0.0800. The normalized spacial score (nSPS) is 44.7. The van der Waals surface area contributed by atoms with Crippen LogP contribution in [0.5, 0.6) is 0 Å². The smallest absolute Gasteiger partial charge is 0.0609 e. The van der Waals surface area contributed by atoms with Crippen molar-refractivity contribution in [1.29, 1.82) is 0 Å². The molecule has 10 heavy (non-hydrogen) atoms. The van der Waals surface area contributed by atoms with Crippen molar-refractivity contribution in [3.63, 3.8) is 0 Å². The summed E-state index contributed by atoms with van der Waals surface area (Å²) in [5.74, 6) is 0.795. The maximum Gasteiger partial charge on any atom is 0.0609 e. The van der Waals surface area contributed by atoms with E-state index < -0.39 is 0 Å². The molecule has 2 N–H and O–H groups in total. The zero-order chi connectivity index (χ0) is 6.97. The third-order valence-corrected chi connectivity index (χ3v) is 2.77. The first-order valence-electron chi connectivity index (χ1n) is 4.25. The average Bonchev–Trinajstić information content (AvgIpc) is 2.48. The van der Waals surface area contributed by atoms with E-state index in [1.54, 1.807) is 0 Å². The van der Waals surface area contributed by atoms with Gasteiger partial charge < -0.3 is 10.5 Å². The summed E-state index contributed by atoms with van der Waals surface area (Å²) >= 11 is 0. The van der Waals surface area contributed by atoms with E-state index in [9.17, 15) is 0 Å². The van der Waals surface area contributed by atoms with E-state index >= 15 is 0 Å². The minimum Gasteiger partial charge on any atom is -0.375 e. The predicted molar refractivity (Wildman–Crippen MR) is 39.7 cm³/mol. The highest BCUT2D eigenvalue weighted by molar-refractivity contribution is 4.89. The lowest BCUT2D eigenvalue weighted by molar-refractivity contribution is 0.0916. The van der Waals surface area contributed by atoms with Crippen LogP contribution in [0.3, 0.4) is 0 Å². The van der Waals surface area contributed by atoms with Crippen LogP contribution in [0.4, 0.5) is 0 Å². The van der Waals surface area contributed by atoms with E-state index in [0.717, 1.165) is 12.5 Å². The molecular formula is C8H15NO. The number of fused-ring (bicyclic) bond motifs is 2. The van der Waals surface area contributed by atoms with Crippen LogP contribution in [0.1, 0.15) is 25.7 Å². The Kier molecular flexibility index (Phi) is 1.66. The highest BCUT2D eigenvalue weighted by Gasteiger charge is 2.39. The molecule has 2 heteroatoms. The van der Waals surface area contributed by atoms with Crippen molar-refractivity contribution < 1.29 is 4.74 Å². The van der Waals surface area contributed by atoms with Crippen molar-refractivity contribution in [2.24, 2.45) is 11.7 Å². The second kappa shape index (κ2) is 2.51. The minimum atomic E-state index is 0.577. The molecule has 0 aromatic rings. The zero-order valence-electron chi connectivity index (χ0n) is 6.25. The molecule has 0 unspecified atom stereocenters. The van der Waals surface area contributed by atoms with Crippen LogP contribution >= 0.6 is 0 Å². The van der Waals surface area contributed by atoms with Gasteiger partial charge in [0.1, 0.15) is 0 Å². The van der Waals surface area contributed by atoms with Crippen LogP contribution in [-0.4, -0.2) is 18.8 Å². The summed E-state index contributed by atoms with van der Waals surface area (Å²) in [6.07, 6.45) is 6.21. The van der Waals surface area contributed by atoms with Crippen molar-refractivity contribution in [2.45, 2.75) is 37.9 Å². The van der Waals surface area contributed by atoms with Gasteiger partial charge in [0, 0.05) is 0 Å². The first-order valence-corrected chi connectivity index (χ1v) is 4.25. The molecule has 0 radical (unpaired) electrons. The lowest BCUT2D eigenvalue weighted by Gasteiger charge is -2.16. The van der Waals surface area contributed by atoms with E-state index in [1.807, 2.05) is 0 Å².